The van der Waals surface area contributed by atoms with E-state index in [1.165, 1.54) is 55.2 Å². The van der Waals surface area contributed by atoms with E-state index in [2.05, 4.69) is 56.3 Å². The van der Waals surface area contributed by atoms with Crippen molar-refractivity contribution >= 4 is 5.57 Å². The summed E-state index contributed by atoms with van der Waals surface area (Å²) in [6, 6.07) is 8.85. The summed E-state index contributed by atoms with van der Waals surface area (Å²) in [7, 11) is 0. The quantitative estimate of drug-likeness (QED) is 0.552. The van der Waals surface area contributed by atoms with Gasteiger partial charge >= 0.3 is 0 Å². The normalized spacial score (nSPS) is 18.4. The van der Waals surface area contributed by atoms with Gasteiger partial charge in [-0.25, -0.2) is 0 Å². The van der Waals surface area contributed by atoms with E-state index >= 15 is 0 Å². The lowest BCUT2D eigenvalue weighted by molar-refractivity contribution is 0.532. The van der Waals surface area contributed by atoms with Crippen molar-refractivity contribution in [2.45, 2.75) is 52.4 Å². The van der Waals surface area contributed by atoms with E-state index in [1.54, 1.807) is 0 Å². The van der Waals surface area contributed by atoms with Crippen molar-refractivity contribution < 1.29 is 0 Å². The Balaban J connectivity index is 1.83. The molecule has 0 saturated heterocycles. The topological polar surface area (TPSA) is 0 Å². The van der Waals surface area contributed by atoms with Gasteiger partial charge in [-0.15, -0.1) is 0 Å². The smallest absolute Gasteiger partial charge is 0.0187 e. The molecular formula is C19H26. The van der Waals surface area contributed by atoms with Gasteiger partial charge in [-0.05, 0) is 36.8 Å². The van der Waals surface area contributed by atoms with Gasteiger partial charge in [0.1, 0.15) is 0 Å². The minimum atomic E-state index is 0.769. The number of benzene rings is 1. The summed E-state index contributed by atoms with van der Waals surface area (Å²) in [5.41, 5.74) is 4.08. The first-order valence-corrected chi connectivity index (χ1v) is 7.75. The molecule has 0 fully saturated rings. The Morgan fingerprint density at radius 2 is 1.84 bits per heavy atom. The van der Waals surface area contributed by atoms with Crippen molar-refractivity contribution in [1.82, 2.24) is 0 Å². The van der Waals surface area contributed by atoms with Crippen LogP contribution < -0.4 is 0 Å². The Kier molecular flexibility index (Phi) is 5.44. The van der Waals surface area contributed by atoms with Crippen LogP contribution in [0.15, 0.2) is 42.5 Å². The summed E-state index contributed by atoms with van der Waals surface area (Å²) in [5, 5.41) is 0. The van der Waals surface area contributed by atoms with Gasteiger partial charge in [-0.1, -0.05) is 80.7 Å². The lowest BCUT2D eigenvalue weighted by atomic mass is 9.89. The molecule has 1 aliphatic rings. The van der Waals surface area contributed by atoms with Gasteiger partial charge in [0, 0.05) is 0 Å². The Hall–Kier alpha value is -1.30. The molecule has 2 rings (SSSR count). The van der Waals surface area contributed by atoms with E-state index in [0.29, 0.717) is 0 Å². The first-order valence-electron chi connectivity index (χ1n) is 7.75. The molecule has 0 spiro atoms. The molecule has 0 radical (unpaired) electrons. The third kappa shape index (κ3) is 4.38. The van der Waals surface area contributed by atoms with Crippen LogP contribution in [-0.2, 0) is 0 Å². The molecule has 0 bridgehead atoms. The second-order valence-corrected chi connectivity index (χ2v) is 5.73. The fraction of sp³-hybridized carbons (Fsp3) is 0.474. The number of aryl methyl sites for hydroxylation is 1. The fourth-order valence-corrected chi connectivity index (χ4v) is 2.67. The van der Waals surface area contributed by atoms with Crippen LogP contribution in [0.5, 0.6) is 0 Å². The first-order chi connectivity index (χ1) is 9.29. The van der Waals surface area contributed by atoms with E-state index in [1.807, 2.05) is 0 Å². The van der Waals surface area contributed by atoms with Gasteiger partial charge in [0.15, 0.2) is 0 Å². The number of allylic oxidation sites excluding steroid dienone is 4. The van der Waals surface area contributed by atoms with E-state index in [9.17, 15) is 0 Å². The highest BCUT2D eigenvalue weighted by Crippen LogP contribution is 2.27. The standard InChI is InChI=1S/C19H26/c1-3-4-5-6-7-17-10-14-19(15-11-17)18-12-8-16(2)9-13-18/h8-10,12-15,17H,3-7,11H2,1-2H3. The lowest BCUT2D eigenvalue weighted by Gasteiger charge is -2.16. The SMILES string of the molecule is CCCCCCC1C=CC(c2ccc(C)cc2)=CC1. The van der Waals surface area contributed by atoms with Crippen molar-refractivity contribution in [2.24, 2.45) is 5.92 Å². The largest absolute Gasteiger partial charge is 0.0805 e. The number of unbranched alkanes of at least 4 members (excludes halogenated alkanes) is 3. The molecule has 0 aliphatic heterocycles. The van der Waals surface area contributed by atoms with E-state index in [4.69, 9.17) is 0 Å². The van der Waals surface area contributed by atoms with Gasteiger partial charge < -0.3 is 0 Å². The highest BCUT2D eigenvalue weighted by molar-refractivity contribution is 5.74. The molecule has 0 N–H and O–H groups in total. The first kappa shape index (κ1) is 14.1. The van der Waals surface area contributed by atoms with E-state index in [-0.39, 0.29) is 0 Å². The molecule has 1 aromatic rings. The predicted molar refractivity (Wildman–Crippen MR) is 85.2 cm³/mol. The molecule has 1 unspecified atom stereocenters. The molecule has 1 aromatic carbocycles. The van der Waals surface area contributed by atoms with Crippen LogP contribution in [0.4, 0.5) is 0 Å². The maximum absolute atomic E-state index is 2.42. The average Bonchev–Trinajstić information content (AvgIpc) is 2.45. The van der Waals surface area contributed by atoms with Crippen LogP contribution >= 0.6 is 0 Å². The molecule has 0 heterocycles. The van der Waals surface area contributed by atoms with Crippen molar-refractivity contribution in [3.63, 3.8) is 0 Å². The van der Waals surface area contributed by atoms with Crippen molar-refractivity contribution in [3.8, 4) is 0 Å². The average molecular weight is 254 g/mol. The van der Waals surface area contributed by atoms with Crippen molar-refractivity contribution in [3.05, 3.63) is 53.6 Å². The van der Waals surface area contributed by atoms with Gasteiger partial charge in [0.05, 0.1) is 0 Å². The highest BCUT2D eigenvalue weighted by Gasteiger charge is 2.09. The molecule has 0 amide bonds. The minimum absolute atomic E-state index is 0.769. The highest BCUT2D eigenvalue weighted by atomic mass is 14.1. The van der Waals surface area contributed by atoms with Crippen molar-refractivity contribution in [1.29, 1.82) is 0 Å². The summed E-state index contributed by atoms with van der Waals surface area (Å²) >= 11 is 0. The van der Waals surface area contributed by atoms with Crippen LogP contribution in [0, 0.1) is 12.8 Å². The lowest BCUT2D eigenvalue weighted by Crippen LogP contribution is -2.00. The van der Waals surface area contributed by atoms with Gasteiger partial charge in [-0.3, -0.25) is 0 Å². The summed E-state index contributed by atoms with van der Waals surface area (Å²) in [5.74, 6) is 0.769. The summed E-state index contributed by atoms with van der Waals surface area (Å²) < 4.78 is 0. The molecule has 1 atom stereocenters. The van der Waals surface area contributed by atoms with Gasteiger partial charge in [0.25, 0.3) is 0 Å². The summed E-state index contributed by atoms with van der Waals surface area (Å²) in [4.78, 5) is 0. The Bertz CT molecular complexity index is 434. The summed E-state index contributed by atoms with van der Waals surface area (Å²) in [6.07, 6.45) is 15.2. The summed E-state index contributed by atoms with van der Waals surface area (Å²) in [6.45, 7) is 4.41. The van der Waals surface area contributed by atoms with Crippen LogP contribution in [0.2, 0.25) is 0 Å². The maximum Gasteiger partial charge on any atom is -0.0187 e. The zero-order chi connectivity index (χ0) is 13.5. The zero-order valence-corrected chi connectivity index (χ0v) is 12.4. The number of hydrogen-bond acceptors (Lipinski definition) is 0. The third-order valence-electron chi connectivity index (χ3n) is 4.00. The molecule has 1 aliphatic carbocycles. The van der Waals surface area contributed by atoms with E-state index in [0.717, 1.165) is 5.92 Å². The Morgan fingerprint density at radius 1 is 1.05 bits per heavy atom. The molecule has 102 valence electrons. The molecule has 0 nitrogen and oxygen atoms in total. The van der Waals surface area contributed by atoms with Gasteiger partial charge in [-0.2, -0.15) is 0 Å². The Morgan fingerprint density at radius 3 is 2.47 bits per heavy atom. The second-order valence-electron chi connectivity index (χ2n) is 5.73. The molecular weight excluding hydrogens is 228 g/mol. The van der Waals surface area contributed by atoms with Gasteiger partial charge in [0.2, 0.25) is 0 Å². The van der Waals surface area contributed by atoms with Crippen LogP contribution in [0.25, 0.3) is 5.57 Å². The zero-order valence-electron chi connectivity index (χ0n) is 12.4. The Labute approximate surface area is 118 Å². The maximum atomic E-state index is 2.42. The fourth-order valence-electron chi connectivity index (χ4n) is 2.67. The van der Waals surface area contributed by atoms with Crippen LogP contribution in [0.1, 0.15) is 56.6 Å². The number of rotatable bonds is 6. The van der Waals surface area contributed by atoms with Crippen LogP contribution in [-0.4, -0.2) is 0 Å². The molecule has 19 heavy (non-hydrogen) atoms. The van der Waals surface area contributed by atoms with Crippen LogP contribution in [0.3, 0.4) is 0 Å². The predicted octanol–water partition coefficient (Wildman–Crippen LogP) is 5.92. The second kappa shape index (κ2) is 7.33. The van der Waals surface area contributed by atoms with Crippen molar-refractivity contribution in [2.75, 3.05) is 0 Å². The number of hydrogen-bond donors (Lipinski definition) is 0. The molecule has 0 heteroatoms. The minimum Gasteiger partial charge on any atom is -0.0805 e. The molecule has 0 saturated carbocycles. The van der Waals surface area contributed by atoms with E-state index < -0.39 is 0 Å². The monoisotopic (exact) mass is 254 g/mol. The molecule has 0 aromatic heterocycles. The third-order valence-corrected chi connectivity index (χ3v) is 4.00.